The van der Waals surface area contributed by atoms with E-state index in [-0.39, 0.29) is 18.2 Å². The first-order valence-corrected chi connectivity index (χ1v) is 6.07. The van der Waals surface area contributed by atoms with Crippen LogP contribution < -0.4 is 0 Å². The van der Waals surface area contributed by atoms with Crippen molar-refractivity contribution in [1.82, 2.24) is 0 Å². The third-order valence-corrected chi connectivity index (χ3v) is 2.96. The molecule has 0 saturated heterocycles. The van der Waals surface area contributed by atoms with E-state index in [4.69, 9.17) is 4.74 Å². The highest BCUT2D eigenvalue weighted by Crippen LogP contribution is 2.15. The zero-order valence-electron chi connectivity index (χ0n) is 9.25. The van der Waals surface area contributed by atoms with E-state index in [0.717, 1.165) is 9.13 Å². The lowest BCUT2D eigenvalue weighted by Crippen LogP contribution is -2.08. The van der Waals surface area contributed by atoms with Gasteiger partial charge in [0, 0.05) is 9.13 Å². The van der Waals surface area contributed by atoms with Gasteiger partial charge in [0.1, 0.15) is 0 Å². The molecule has 0 aromatic heterocycles. The molecular weight excluding hydrogens is 319 g/mol. The molecule has 0 spiro atoms. The Morgan fingerprint density at radius 1 is 1.38 bits per heavy atom. The molecule has 0 fully saturated rings. The topological polar surface area (TPSA) is 43.4 Å². The summed E-state index contributed by atoms with van der Waals surface area (Å²) in [6, 6.07) is 5.38. The van der Waals surface area contributed by atoms with Gasteiger partial charge >= 0.3 is 5.97 Å². The average molecular weight is 332 g/mol. The van der Waals surface area contributed by atoms with Gasteiger partial charge in [0.25, 0.3) is 0 Å². The van der Waals surface area contributed by atoms with Gasteiger partial charge in [-0.1, -0.05) is 12.1 Å². The summed E-state index contributed by atoms with van der Waals surface area (Å²) in [6.07, 6.45) is 0.252. The number of halogens is 1. The molecule has 1 aromatic carbocycles. The van der Waals surface area contributed by atoms with Gasteiger partial charge in [-0.15, -0.1) is 0 Å². The third-order valence-electron chi connectivity index (χ3n) is 2.07. The number of hydrogen-bond donors (Lipinski definition) is 0. The summed E-state index contributed by atoms with van der Waals surface area (Å²) in [6.45, 7) is 3.70. The zero-order valence-corrected chi connectivity index (χ0v) is 11.4. The molecule has 0 atom stereocenters. The molecule has 0 unspecified atom stereocenters. The fourth-order valence-corrected chi connectivity index (χ4v) is 2.29. The lowest BCUT2D eigenvalue weighted by Gasteiger charge is -2.05. The lowest BCUT2D eigenvalue weighted by atomic mass is 10.1. The van der Waals surface area contributed by atoms with Gasteiger partial charge in [0.2, 0.25) is 0 Å². The number of ketones is 1. The average Bonchev–Trinajstić information content (AvgIpc) is 2.17. The number of carbonyl (C=O) groups is 2. The zero-order chi connectivity index (χ0) is 12.1. The molecule has 1 rings (SSSR count). The van der Waals surface area contributed by atoms with Crippen molar-refractivity contribution in [1.29, 1.82) is 0 Å². The molecule has 0 heterocycles. The molecule has 0 aliphatic carbocycles. The predicted molar refractivity (Wildman–Crippen MR) is 69.5 cm³/mol. The second-order valence-electron chi connectivity index (χ2n) is 3.35. The standard InChI is InChI=1S/C12H13IO3/c1-3-16-12(15)7-9-4-5-10(8(2)14)11(13)6-9/h4-6H,3,7H2,1-2H3. The van der Waals surface area contributed by atoms with Crippen LogP contribution in [-0.4, -0.2) is 18.4 Å². The highest BCUT2D eigenvalue weighted by Gasteiger charge is 2.08. The number of rotatable bonds is 4. The van der Waals surface area contributed by atoms with Crippen LogP contribution in [0.1, 0.15) is 29.8 Å². The maximum atomic E-state index is 11.3. The second kappa shape index (κ2) is 5.98. The largest absolute Gasteiger partial charge is 0.466 e. The van der Waals surface area contributed by atoms with Gasteiger partial charge in [-0.2, -0.15) is 0 Å². The van der Waals surface area contributed by atoms with Crippen LogP contribution in [-0.2, 0) is 16.0 Å². The van der Waals surface area contributed by atoms with E-state index >= 15 is 0 Å². The van der Waals surface area contributed by atoms with E-state index in [2.05, 4.69) is 22.6 Å². The Labute approximate surface area is 108 Å². The maximum Gasteiger partial charge on any atom is 0.310 e. The van der Waals surface area contributed by atoms with E-state index in [1.165, 1.54) is 6.92 Å². The molecule has 1 aromatic rings. The van der Waals surface area contributed by atoms with Gasteiger partial charge in [-0.25, -0.2) is 0 Å². The third kappa shape index (κ3) is 3.59. The molecular formula is C12H13IO3. The normalized spacial score (nSPS) is 9.94. The van der Waals surface area contributed by atoms with Gasteiger partial charge in [-0.3, -0.25) is 9.59 Å². The number of esters is 1. The monoisotopic (exact) mass is 332 g/mol. The smallest absolute Gasteiger partial charge is 0.310 e. The van der Waals surface area contributed by atoms with Crippen LogP contribution in [0.15, 0.2) is 18.2 Å². The van der Waals surface area contributed by atoms with Crippen molar-refractivity contribution >= 4 is 34.3 Å². The number of carbonyl (C=O) groups excluding carboxylic acids is 2. The summed E-state index contributed by atoms with van der Waals surface area (Å²) in [5, 5.41) is 0. The summed E-state index contributed by atoms with van der Waals surface area (Å²) in [5.41, 5.74) is 1.56. The minimum absolute atomic E-state index is 0.0343. The van der Waals surface area contributed by atoms with Crippen molar-refractivity contribution in [2.24, 2.45) is 0 Å². The van der Waals surface area contributed by atoms with Gasteiger partial charge in [0.15, 0.2) is 5.78 Å². The fourth-order valence-electron chi connectivity index (χ4n) is 1.33. The molecule has 0 amide bonds. The Morgan fingerprint density at radius 2 is 2.06 bits per heavy atom. The van der Waals surface area contributed by atoms with Crippen LogP contribution in [0.4, 0.5) is 0 Å². The number of benzene rings is 1. The van der Waals surface area contributed by atoms with E-state index in [1.807, 2.05) is 6.07 Å². The second-order valence-corrected chi connectivity index (χ2v) is 4.51. The van der Waals surface area contributed by atoms with Crippen molar-refractivity contribution in [2.45, 2.75) is 20.3 Å². The van der Waals surface area contributed by atoms with Crippen LogP contribution in [0.5, 0.6) is 0 Å². The van der Waals surface area contributed by atoms with E-state index in [9.17, 15) is 9.59 Å². The summed E-state index contributed by atoms with van der Waals surface area (Å²) >= 11 is 2.10. The van der Waals surface area contributed by atoms with E-state index in [1.54, 1.807) is 19.1 Å². The summed E-state index contributed by atoms with van der Waals surface area (Å²) < 4.78 is 5.72. The molecule has 0 saturated carbocycles. The molecule has 0 N–H and O–H groups in total. The number of hydrogen-bond acceptors (Lipinski definition) is 3. The molecule has 16 heavy (non-hydrogen) atoms. The highest BCUT2D eigenvalue weighted by molar-refractivity contribution is 14.1. The summed E-state index contributed by atoms with van der Waals surface area (Å²) in [5.74, 6) is -0.207. The fraction of sp³-hybridized carbons (Fsp3) is 0.333. The Bertz CT molecular complexity index is 413. The van der Waals surface area contributed by atoms with Gasteiger partial charge < -0.3 is 4.74 Å². The molecule has 0 radical (unpaired) electrons. The molecule has 0 aliphatic rings. The lowest BCUT2D eigenvalue weighted by molar-refractivity contribution is -0.142. The minimum atomic E-state index is -0.242. The van der Waals surface area contributed by atoms with Crippen LogP contribution in [0.3, 0.4) is 0 Å². The van der Waals surface area contributed by atoms with Gasteiger partial charge in [-0.05, 0) is 48.1 Å². The van der Waals surface area contributed by atoms with Crippen molar-refractivity contribution < 1.29 is 14.3 Å². The van der Waals surface area contributed by atoms with Crippen molar-refractivity contribution in [3.8, 4) is 0 Å². The van der Waals surface area contributed by atoms with Crippen LogP contribution in [0, 0.1) is 3.57 Å². The van der Waals surface area contributed by atoms with Crippen molar-refractivity contribution in [3.05, 3.63) is 32.9 Å². The first-order valence-electron chi connectivity index (χ1n) is 4.99. The molecule has 86 valence electrons. The van der Waals surface area contributed by atoms with Gasteiger partial charge in [0.05, 0.1) is 13.0 Å². The predicted octanol–water partition coefficient (Wildman–Crippen LogP) is 2.60. The van der Waals surface area contributed by atoms with Crippen LogP contribution in [0.2, 0.25) is 0 Å². The quantitative estimate of drug-likeness (QED) is 0.484. The van der Waals surface area contributed by atoms with Crippen LogP contribution in [0.25, 0.3) is 0 Å². The Hall–Kier alpha value is -0.910. The SMILES string of the molecule is CCOC(=O)Cc1ccc(C(C)=O)c(I)c1. The van der Waals surface area contributed by atoms with Crippen LogP contribution >= 0.6 is 22.6 Å². The summed E-state index contributed by atoms with van der Waals surface area (Å²) in [7, 11) is 0. The van der Waals surface area contributed by atoms with Crippen molar-refractivity contribution in [3.63, 3.8) is 0 Å². The number of Topliss-reactive ketones (excluding diaryl/α,β-unsaturated/α-hetero) is 1. The minimum Gasteiger partial charge on any atom is -0.466 e. The molecule has 0 aliphatic heterocycles. The Kier molecular flexibility index (Phi) is 4.92. The number of ether oxygens (including phenoxy) is 1. The first kappa shape index (κ1) is 13.2. The molecule has 4 heteroatoms. The Balaban J connectivity index is 2.81. The maximum absolute atomic E-state index is 11.3. The molecule has 3 nitrogen and oxygen atoms in total. The highest BCUT2D eigenvalue weighted by atomic mass is 127. The molecule has 0 bridgehead atoms. The van der Waals surface area contributed by atoms with E-state index in [0.29, 0.717) is 12.2 Å². The van der Waals surface area contributed by atoms with E-state index < -0.39 is 0 Å². The summed E-state index contributed by atoms with van der Waals surface area (Å²) in [4.78, 5) is 22.5. The first-order chi connectivity index (χ1) is 7.54. The Morgan fingerprint density at radius 3 is 2.56 bits per heavy atom. The van der Waals surface area contributed by atoms with Crippen molar-refractivity contribution in [2.75, 3.05) is 6.61 Å².